The Bertz CT molecular complexity index is 516. The second kappa shape index (κ2) is 7.77. The fraction of sp³-hybridized carbons (Fsp3) is 0.529. The van der Waals surface area contributed by atoms with Crippen LogP contribution in [0.4, 0.5) is 0 Å². The number of thiophene rings is 1. The standard InChI is InChI=1S/C17H25NOS/c1-4-8-15(19-6-3)16(18-5-2)14-10-7-9-13-11-12-20-17(13)14/h7,9-12,15-16,18H,4-6,8H2,1-3H3. The average molecular weight is 291 g/mol. The van der Waals surface area contributed by atoms with Gasteiger partial charge in [0.15, 0.2) is 0 Å². The van der Waals surface area contributed by atoms with Crippen molar-refractivity contribution in [3.63, 3.8) is 0 Å². The Kier molecular flexibility index (Phi) is 6.02. The van der Waals surface area contributed by atoms with Gasteiger partial charge in [-0.25, -0.2) is 0 Å². The number of ether oxygens (including phenoxy) is 1. The van der Waals surface area contributed by atoms with Gasteiger partial charge in [0.05, 0.1) is 12.1 Å². The van der Waals surface area contributed by atoms with E-state index in [0.29, 0.717) is 0 Å². The van der Waals surface area contributed by atoms with Crippen LogP contribution in [0, 0.1) is 0 Å². The molecule has 0 radical (unpaired) electrons. The number of hydrogen-bond acceptors (Lipinski definition) is 3. The van der Waals surface area contributed by atoms with Crippen LogP contribution in [0.2, 0.25) is 0 Å². The maximum atomic E-state index is 6.02. The first-order chi connectivity index (χ1) is 9.81. The van der Waals surface area contributed by atoms with Gasteiger partial charge < -0.3 is 10.1 Å². The van der Waals surface area contributed by atoms with E-state index >= 15 is 0 Å². The van der Waals surface area contributed by atoms with Crippen molar-refractivity contribution < 1.29 is 4.74 Å². The molecular weight excluding hydrogens is 266 g/mol. The Morgan fingerprint density at radius 3 is 2.75 bits per heavy atom. The summed E-state index contributed by atoms with van der Waals surface area (Å²) in [6.07, 6.45) is 2.48. The van der Waals surface area contributed by atoms with E-state index in [-0.39, 0.29) is 12.1 Å². The zero-order valence-electron chi connectivity index (χ0n) is 12.7. The summed E-state index contributed by atoms with van der Waals surface area (Å²) in [5.74, 6) is 0. The number of rotatable bonds is 8. The van der Waals surface area contributed by atoms with Gasteiger partial charge in [-0.3, -0.25) is 0 Å². The lowest BCUT2D eigenvalue weighted by atomic mass is 9.97. The SMILES string of the molecule is CCCC(OCC)C(NCC)c1cccc2ccsc12. The molecule has 0 amide bonds. The van der Waals surface area contributed by atoms with Gasteiger partial charge in [-0.2, -0.15) is 0 Å². The van der Waals surface area contributed by atoms with Crippen LogP contribution >= 0.6 is 11.3 Å². The summed E-state index contributed by atoms with van der Waals surface area (Å²) in [6, 6.07) is 9.06. The third-order valence-electron chi connectivity index (χ3n) is 3.59. The maximum Gasteiger partial charge on any atom is 0.0770 e. The van der Waals surface area contributed by atoms with Gasteiger partial charge in [-0.15, -0.1) is 11.3 Å². The highest BCUT2D eigenvalue weighted by Gasteiger charge is 2.24. The highest BCUT2D eigenvalue weighted by Crippen LogP contribution is 2.32. The molecule has 0 aliphatic heterocycles. The molecule has 110 valence electrons. The van der Waals surface area contributed by atoms with E-state index in [1.807, 2.05) is 11.3 Å². The minimum absolute atomic E-state index is 0.248. The van der Waals surface area contributed by atoms with Crippen molar-refractivity contribution in [1.29, 1.82) is 0 Å². The molecule has 0 aliphatic carbocycles. The summed E-state index contributed by atoms with van der Waals surface area (Å²) in [4.78, 5) is 0. The van der Waals surface area contributed by atoms with Crippen molar-refractivity contribution in [2.75, 3.05) is 13.2 Å². The molecule has 20 heavy (non-hydrogen) atoms. The molecule has 2 aromatic rings. The molecule has 2 unspecified atom stereocenters. The predicted octanol–water partition coefficient (Wildman–Crippen LogP) is 4.76. The van der Waals surface area contributed by atoms with E-state index in [4.69, 9.17) is 4.74 Å². The van der Waals surface area contributed by atoms with Crippen LogP contribution in [-0.4, -0.2) is 19.3 Å². The van der Waals surface area contributed by atoms with Crippen LogP contribution < -0.4 is 5.32 Å². The van der Waals surface area contributed by atoms with Crippen LogP contribution in [-0.2, 0) is 4.74 Å². The van der Waals surface area contributed by atoms with Gasteiger partial charge in [0.2, 0.25) is 0 Å². The molecule has 2 nitrogen and oxygen atoms in total. The molecule has 2 atom stereocenters. The van der Waals surface area contributed by atoms with Crippen LogP contribution in [0.1, 0.15) is 45.2 Å². The van der Waals surface area contributed by atoms with Gasteiger partial charge >= 0.3 is 0 Å². The van der Waals surface area contributed by atoms with Crippen LogP contribution in [0.15, 0.2) is 29.6 Å². The number of nitrogens with one attached hydrogen (secondary N) is 1. The van der Waals surface area contributed by atoms with Crippen molar-refractivity contribution in [3.8, 4) is 0 Å². The maximum absolute atomic E-state index is 6.02. The lowest BCUT2D eigenvalue weighted by molar-refractivity contribution is 0.0284. The van der Waals surface area contributed by atoms with E-state index in [2.05, 4.69) is 55.7 Å². The van der Waals surface area contributed by atoms with E-state index in [9.17, 15) is 0 Å². The summed E-state index contributed by atoms with van der Waals surface area (Å²) in [5.41, 5.74) is 1.38. The van der Waals surface area contributed by atoms with Crippen molar-refractivity contribution in [2.24, 2.45) is 0 Å². The van der Waals surface area contributed by atoms with Crippen molar-refractivity contribution >= 4 is 21.4 Å². The first-order valence-corrected chi connectivity index (χ1v) is 8.50. The third-order valence-corrected chi connectivity index (χ3v) is 4.57. The van der Waals surface area contributed by atoms with Gasteiger partial charge in [0.25, 0.3) is 0 Å². The Morgan fingerprint density at radius 2 is 2.05 bits per heavy atom. The second-order valence-corrected chi connectivity index (χ2v) is 5.92. The molecule has 1 heterocycles. The quantitative estimate of drug-likeness (QED) is 0.757. The molecule has 0 aliphatic rings. The van der Waals surface area contributed by atoms with Crippen LogP contribution in [0.3, 0.4) is 0 Å². The summed E-state index contributed by atoms with van der Waals surface area (Å²) >= 11 is 1.83. The topological polar surface area (TPSA) is 21.3 Å². The highest BCUT2D eigenvalue weighted by molar-refractivity contribution is 7.17. The van der Waals surface area contributed by atoms with E-state index in [1.54, 1.807) is 0 Å². The first kappa shape index (κ1) is 15.5. The lowest BCUT2D eigenvalue weighted by Gasteiger charge is -2.28. The van der Waals surface area contributed by atoms with Gasteiger partial charge in [0.1, 0.15) is 0 Å². The number of likely N-dealkylation sites (N-methyl/N-ethyl adjacent to an activating group) is 1. The van der Waals surface area contributed by atoms with E-state index < -0.39 is 0 Å². The molecule has 1 aromatic heterocycles. The van der Waals surface area contributed by atoms with Crippen molar-refractivity contribution in [3.05, 3.63) is 35.2 Å². The predicted molar refractivity (Wildman–Crippen MR) is 88.6 cm³/mol. The average Bonchev–Trinajstić information content (AvgIpc) is 2.93. The minimum atomic E-state index is 0.248. The summed E-state index contributed by atoms with van der Waals surface area (Å²) < 4.78 is 7.41. The molecule has 2 rings (SSSR count). The fourth-order valence-electron chi connectivity index (χ4n) is 2.77. The number of benzene rings is 1. The molecule has 0 saturated heterocycles. The lowest BCUT2D eigenvalue weighted by Crippen LogP contribution is -2.34. The summed E-state index contributed by atoms with van der Waals surface area (Å²) in [7, 11) is 0. The smallest absolute Gasteiger partial charge is 0.0770 e. The van der Waals surface area contributed by atoms with Gasteiger partial charge in [0, 0.05) is 11.3 Å². The van der Waals surface area contributed by atoms with E-state index in [1.165, 1.54) is 15.6 Å². The molecule has 0 fully saturated rings. The molecule has 0 saturated carbocycles. The third kappa shape index (κ3) is 3.40. The molecular formula is C17H25NOS. The summed E-state index contributed by atoms with van der Waals surface area (Å²) in [6.45, 7) is 8.20. The monoisotopic (exact) mass is 291 g/mol. The molecule has 0 spiro atoms. The van der Waals surface area contributed by atoms with Crippen LogP contribution in [0.5, 0.6) is 0 Å². The van der Waals surface area contributed by atoms with Crippen molar-refractivity contribution in [1.82, 2.24) is 5.32 Å². The fourth-order valence-corrected chi connectivity index (χ4v) is 3.72. The molecule has 1 aromatic carbocycles. The van der Waals surface area contributed by atoms with Gasteiger partial charge in [-0.1, -0.05) is 38.5 Å². The zero-order chi connectivity index (χ0) is 14.4. The molecule has 3 heteroatoms. The minimum Gasteiger partial charge on any atom is -0.377 e. The first-order valence-electron chi connectivity index (χ1n) is 7.62. The Morgan fingerprint density at radius 1 is 1.20 bits per heavy atom. The number of hydrogen-bond donors (Lipinski definition) is 1. The van der Waals surface area contributed by atoms with Crippen LogP contribution in [0.25, 0.3) is 10.1 Å². The molecule has 0 bridgehead atoms. The van der Waals surface area contributed by atoms with E-state index in [0.717, 1.165) is 26.0 Å². The molecule has 1 N–H and O–H groups in total. The Balaban J connectivity index is 2.37. The highest BCUT2D eigenvalue weighted by atomic mass is 32.1. The zero-order valence-corrected chi connectivity index (χ0v) is 13.5. The van der Waals surface area contributed by atoms with Gasteiger partial charge in [-0.05, 0) is 42.3 Å². The number of fused-ring (bicyclic) bond motifs is 1. The Hall–Kier alpha value is -0.900. The normalized spacial score (nSPS) is 14.6. The summed E-state index contributed by atoms with van der Waals surface area (Å²) in [5, 5.41) is 7.14. The second-order valence-electron chi connectivity index (χ2n) is 5.00. The van der Waals surface area contributed by atoms with Crippen molar-refractivity contribution in [2.45, 2.75) is 45.8 Å². The Labute approximate surface area is 126 Å². The largest absolute Gasteiger partial charge is 0.377 e.